The van der Waals surface area contributed by atoms with E-state index in [1.165, 1.54) is 19.2 Å². The molecule has 3 rings (SSSR count). The molecule has 0 amide bonds. The predicted molar refractivity (Wildman–Crippen MR) is 109 cm³/mol. The van der Waals surface area contributed by atoms with E-state index in [2.05, 4.69) is 4.74 Å². The third kappa shape index (κ3) is 4.87. The molecule has 0 N–H and O–H groups in total. The smallest absolute Gasteiger partial charge is 0.383 e. The fraction of sp³-hybridized carbons (Fsp3) is 0.208. The topological polar surface area (TPSA) is 35.5 Å². The number of ether oxygens (including phenoxy) is 2. The minimum Gasteiger partial charge on any atom is -0.469 e. The lowest BCUT2D eigenvalue weighted by atomic mass is 9.91. The molecule has 0 heterocycles. The number of carbonyl (C=O) groups excluding carboxylic acids is 1. The van der Waals surface area contributed by atoms with Gasteiger partial charge in [0, 0.05) is 13.5 Å². The molecule has 0 aromatic heterocycles. The van der Waals surface area contributed by atoms with Gasteiger partial charge in [-0.3, -0.25) is 4.79 Å². The Labute approximate surface area is 168 Å². The van der Waals surface area contributed by atoms with Crippen molar-refractivity contribution in [3.63, 3.8) is 0 Å². The van der Waals surface area contributed by atoms with Crippen molar-refractivity contribution in [1.82, 2.24) is 0 Å². The van der Waals surface area contributed by atoms with Crippen LogP contribution >= 0.6 is 0 Å². The number of hydrogen-bond donors (Lipinski definition) is 0. The summed E-state index contributed by atoms with van der Waals surface area (Å²) in [7, 11) is 2.35. The number of hydrogen-bond acceptors (Lipinski definition) is 3. The van der Waals surface area contributed by atoms with E-state index in [-0.39, 0.29) is 11.5 Å². The Balaban J connectivity index is 2.00. The van der Waals surface area contributed by atoms with E-state index in [4.69, 9.17) is 4.74 Å². The third-order valence-corrected chi connectivity index (χ3v) is 4.80. The van der Waals surface area contributed by atoms with Gasteiger partial charge in [-0.15, -0.1) is 0 Å². The van der Waals surface area contributed by atoms with Gasteiger partial charge in [-0.05, 0) is 46.4 Å². The van der Waals surface area contributed by atoms with E-state index in [9.17, 15) is 13.6 Å². The molecular weight excluding hydrogens is 374 g/mol. The second-order valence-electron chi connectivity index (χ2n) is 6.62. The van der Waals surface area contributed by atoms with Crippen LogP contribution in [0, 0.1) is 0 Å². The molecule has 29 heavy (non-hydrogen) atoms. The standard InChI is InChI=1S/C24H22F2O3/c1-28-23(27)15-9-17-8-14-21(22(16-17)18-6-4-3-5-7-18)19-10-12-20(13-11-19)24(25,26)29-2/h3-8,10-14,16H,9,15H2,1-2H3. The van der Waals surface area contributed by atoms with Crippen LogP contribution in [-0.4, -0.2) is 20.2 Å². The fourth-order valence-electron chi connectivity index (χ4n) is 3.17. The van der Waals surface area contributed by atoms with Crippen molar-refractivity contribution in [1.29, 1.82) is 0 Å². The summed E-state index contributed by atoms with van der Waals surface area (Å²) in [5, 5.41) is 0. The zero-order chi connectivity index (χ0) is 20.9. The Kier molecular flexibility index (Phi) is 6.39. The molecule has 0 aliphatic heterocycles. The minimum atomic E-state index is -3.32. The molecule has 5 heteroatoms. The maximum absolute atomic E-state index is 13.7. The van der Waals surface area contributed by atoms with Gasteiger partial charge in [0.15, 0.2) is 0 Å². The Morgan fingerprint density at radius 3 is 2.14 bits per heavy atom. The highest BCUT2D eigenvalue weighted by Crippen LogP contribution is 2.35. The second kappa shape index (κ2) is 8.97. The van der Waals surface area contributed by atoms with Gasteiger partial charge in [-0.1, -0.05) is 60.7 Å². The molecule has 3 nitrogen and oxygen atoms in total. The summed E-state index contributed by atoms with van der Waals surface area (Å²) < 4.78 is 36.5. The van der Waals surface area contributed by atoms with Gasteiger partial charge in [0.25, 0.3) is 0 Å². The Morgan fingerprint density at radius 2 is 1.52 bits per heavy atom. The van der Waals surface area contributed by atoms with Crippen molar-refractivity contribution in [3.8, 4) is 22.3 Å². The average Bonchev–Trinajstić information content (AvgIpc) is 2.78. The van der Waals surface area contributed by atoms with E-state index in [0.29, 0.717) is 12.8 Å². The van der Waals surface area contributed by atoms with Crippen molar-refractivity contribution in [3.05, 3.63) is 83.9 Å². The van der Waals surface area contributed by atoms with Crippen LogP contribution in [0.25, 0.3) is 22.3 Å². The monoisotopic (exact) mass is 396 g/mol. The Morgan fingerprint density at radius 1 is 0.862 bits per heavy atom. The summed E-state index contributed by atoms with van der Waals surface area (Å²) >= 11 is 0. The van der Waals surface area contributed by atoms with Crippen LogP contribution in [-0.2, 0) is 26.8 Å². The summed E-state index contributed by atoms with van der Waals surface area (Å²) in [6.07, 6.45) is -2.46. The van der Waals surface area contributed by atoms with Gasteiger partial charge in [-0.25, -0.2) is 0 Å². The number of alkyl halides is 2. The summed E-state index contributed by atoms with van der Waals surface area (Å²) in [5.41, 5.74) is 4.53. The molecular formula is C24H22F2O3. The fourth-order valence-corrected chi connectivity index (χ4v) is 3.17. The molecule has 0 atom stereocenters. The minimum absolute atomic E-state index is 0.195. The number of aryl methyl sites for hydroxylation is 1. The number of rotatable bonds is 7. The first-order valence-electron chi connectivity index (χ1n) is 9.23. The van der Waals surface area contributed by atoms with E-state index >= 15 is 0 Å². The maximum atomic E-state index is 13.7. The third-order valence-electron chi connectivity index (χ3n) is 4.80. The highest BCUT2D eigenvalue weighted by molar-refractivity contribution is 5.84. The average molecular weight is 396 g/mol. The number of carbonyl (C=O) groups is 1. The maximum Gasteiger partial charge on any atom is 0.383 e. The van der Waals surface area contributed by atoms with Crippen LogP contribution in [0.15, 0.2) is 72.8 Å². The van der Waals surface area contributed by atoms with Crippen LogP contribution in [0.1, 0.15) is 17.5 Å². The molecule has 0 radical (unpaired) electrons. The quantitative estimate of drug-likeness (QED) is 0.472. The van der Waals surface area contributed by atoms with Crippen LogP contribution in [0.2, 0.25) is 0 Å². The zero-order valence-corrected chi connectivity index (χ0v) is 16.3. The molecule has 0 bridgehead atoms. The SMILES string of the molecule is COC(=O)CCc1ccc(-c2ccc(C(F)(F)OC)cc2)c(-c2ccccc2)c1. The Hall–Kier alpha value is -3.05. The molecule has 3 aromatic rings. The van der Waals surface area contributed by atoms with Crippen LogP contribution < -0.4 is 0 Å². The molecule has 0 unspecified atom stereocenters. The van der Waals surface area contributed by atoms with Crippen LogP contribution in [0.5, 0.6) is 0 Å². The lowest BCUT2D eigenvalue weighted by molar-refractivity contribution is -0.231. The molecule has 0 spiro atoms. The number of halogens is 2. The lowest BCUT2D eigenvalue weighted by Gasteiger charge is -2.16. The van der Waals surface area contributed by atoms with Crippen molar-refractivity contribution in [2.45, 2.75) is 19.0 Å². The van der Waals surface area contributed by atoms with Gasteiger partial charge >= 0.3 is 12.1 Å². The summed E-state index contributed by atoms with van der Waals surface area (Å²) in [6.45, 7) is 0. The highest BCUT2D eigenvalue weighted by Gasteiger charge is 2.30. The number of methoxy groups -OCH3 is 2. The first-order valence-corrected chi connectivity index (χ1v) is 9.23. The molecule has 0 aliphatic carbocycles. The molecule has 150 valence electrons. The van der Waals surface area contributed by atoms with E-state index < -0.39 is 6.11 Å². The predicted octanol–water partition coefficient (Wildman–Crippen LogP) is 5.82. The van der Waals surface area contributed by atoms with Gasteiger partial charge in [0.05, 0.1) is 12.7 Å². The van der Waals surface area contributed by atoms with Crippen LogP contribution in [0.4, 0.5) is 8.78 Å². The molecule has 0 saturated carbocycles. The second-order valence-corrected chi connectivity index (χ2v) is 6.62. The summed E-state index contributed by atoms with van der Waals surface area (Å²) in [4.78, 5) is 11.5. The van der Waals surface area contributed by atoms with E-state index in [1.807, 2.05) is 48.5 Å². The molecule has 0 saturated heterocycles. The largest absolute Gasteiger partial charge is 0.469 e. The normalized spacial score (nSPS) is 11.3. The van der Waals surface area contributed by atoms with Crippen molar-refractivity contribution < 1.29 is 23.0 Å². The lowest BCUT2D eigenvalue weighted by Crippen LogP contribution is -2.15. The van der Waals surface area contributed by atoms with Gasteiger partial charge in [0.1, 0.15) is 0 Å². The van der Waals surface area contributed by atoms with Crippen molar-refractivity contribution in [2.24, 2.45) is 0 Å². The van der Waals surface area contributed by atoms with Crippen molar-refractivity contribution >= 4 is 5.97 Å². The first-order chi connectivity index (χ1) is 13.9. The number of esters is 1. The van der Waals surface area contributed by atoms with Gasteiger partial charge in [0.2, 0.25) is 0 Å². The van der Waals surface area contributed by atoms with Crippen molar-refractivity contribution in [2.75, 3.05) is 14.2 Å². The van der Waals surface area contributed by atoms with E-state index in [1.54, 1.807) is 12.1 Å². The van der Waals surface area contributed by atoms with Crippen LogP contribution in [0.3, 0.4) is 0 Å². The summed E-state index contributed by atoms with van der Waals surface area (Å²) in [5.74, 6) is -0.259. The van der Waals surface area contributed by atoms with Gasteiger partial charge in [-0.2, -0.15) is 8.78 Å². The van der Waals surface area contributed by atoms with Gasteiger partial charge < -0.3 is 9.47 Å². The van der Waals surface area contributed by atoms with E-state index in [0.717, 1.165) is 34.9 Å². The Bertz CT molecular complexity index is 967. The summed E-state index contributed by atoms with van der Waals surface area (Å²) in [6, 6.07) is 21.8. The number of benzene rings is 3. The molecule has 3 aromatic carbocycles. The first kappa shape index (κ1) is 20.7. The zero-order valence-electron chi connectivity index (χ0n) is 16.3. The highest BCUT2D eigenvalue weighted by atomic mass is 19.3. The molecule has 0 aliphatic rings. The molecule has 0 fully saturated rings.